The first-order valence-corrected chi connectivity index (χ1v) is 4.44. The molecule has 3 nitrogen and oxygen atoms in total. The minimum absolute atomic E-state index is 0.222. The van der Waals surface area contributed by atoms with Crippen molar-refractivity contribution in [2.75, 3.05) is 0 Å². The van der Waals surface area contributed by atoms with Gasteiger partial charge < -0.3 is 10.2 Å². The number of nitrogens with zero attached hydrogens (tertiary/aromatic N) is 1. The number of furan rings is 1. The van der Waals surface area contributed by atoms with Crippen LogP contribution < -0.4 is 5.73 Å². The van der Waals surface area contributed by atoms with Crippen LogP contribution in [-0.2, 0) is 0 Å². The standard InChI is InChI=1S/C8H8N2OS/c9-7(6-2-1-4-11-6)8-10-3-5-12-8/h1-5,7H,9H2. The Morgan fingerprint density at radius 2 is 2.50 bits per heavy atom. The van der Waals surface area contributed by atoms with Gasteiger partial charge in [-0.15, -0.1) is 11.3 Å². The molecule has 0 aliphatic heterocycles. The van der Waals surface area contributed by atoms with E-state index in [4.69, 9.17) is 10.2 Å². The summed E-state index contributed by atoms with van der Waals surface area (Å²) in [6.45, 7) is 0. The lowest BCUT2D eigenvalue weighted by Gasteiger charge is -2.02. The predicted molar refractivity (Wildman–Crippen MR) is 46.9 cm³/mol. The Bertz CT molecular complexity index is 294. The van der Waals surface area contributed by atoms with E-state index in [1.165, 1.54) is 11.3 Å². The van der Waals surface area contributed by atoms with Gasteiger partial charge in [-0.2, -0.15) is 0 Å². The van der Waals surface area contributed by atoms with Crippen molar-refractivity contribution < 1.29 is 4.42 Å². The molecule has 2 N–H and O–H groups in total. The van der Waals surface area contributed by atoms with Gasteiger partial charge in [-0.3, -0.25) is 0 Å². The largest absolute Gasteiger partial charge is 0.467 e. The third-order valence-corrected chi connectivity index (χ3v) is 2.43. The van der Waals surface area contributed by atoms with Crippen LogP contribution in [0.4, 0.5) is 0 Å². The van der Waals surface area contributed by atoms with Gasteiger partial charge in [0.2, 0.25) is 0 Å². The van der Waals surface area contributed by atoms with Crippen molar-refractivity contribution in [3.05, 3.63) is 40.7 Å². The highest BCUT2D eigenvalue weighted by Gasteiger charge is 2.12. The second kappa shape index (κ2) is 3.08. The molecule has 0 aliphatic carbocycles. The van der Waals surface area contributed by atoms with Gasteiger partial charge in [0, 0.05) is 11.6 Å². The molecule has 12 heavy (non-hydrogen) atoms. The van der Waals surface area contributed by atoms with Crippen molar-refractivity contribution in [2.24, 2.45) is 5.73 Å². The monoisotopic (exact) mass is 180 g/mol. The number of thiazole rings is 1. The van der Waals surface area contributed by atoms with E-state index in [0.29, 0.717) is 0 Å². The van der Waals surface area contributed by atoms with Crippen molar-refractivity contribution in [1.29, 1.82) is 0 Å². The molecule has 1 unspecified atom stereocenters. The summed E-state index contributed by atoms with van der Waals surface area (Å²) >= 11 is 1.53. The summed E-state index contributed by atoms with van der Waals surface area (Å²) in [4.78, 5) is 4.11. The van der Waals surface area contributed by atoms with Crippen LogP contribution in [0.1, 0.15) is 16.8 Å². The van der Waals surface area contributed by atoms with E-state index in [1.54, 1.807) is 12.5 Å². The predicted octanol–water partition coefficient (Wildman–Crippen LogP) is 1.78. The lowest BCUT2D eigenvalue weighted by atomic mass is 10.2. The van der Waals surface area contributed by atoms with Crippen molar-refractivity contribution in [3.63, 3.8) is 0 Å². The van der Waals surface area contributed by atoms with Crippen LogP contribution in [0.2, 0.25) is 0 Å². The Morgan fingerprint density at radius 1 is 1.58 bits per heavy atom. The van der Waals surface area contributed by atoms with Crippen LogP contribution in [0.3, 0.4) is 0 Å². The van der Waals surface area contributed by atoms with E-state index < -0.39 is 0 Å². The Kier molecular flexibility index (Phi) is 1.93. The first kappa shape index (κ1) is 7.52. The molecule has 2 rings (SSSR count). The van der Waals surface area contributed by atoms with Gasteiger partial charge in [0.15, 0.2) is 0 Å². The Hall–Kier alpha value is -1.13. The molecule has 62 valence electrons. The van der Waals surface area contributed by atoms with Gasteiger partial charge in [0.25, 0.3) is 0 Å². The van der Waals surface area contributed by atoms with E-state index >= 15 is 0 Å². The molecule has 2 aromatic heterocycles. The van der Waals surface area contributed by atoms with E-state index in [9.17, 15) is 0 Å². The quantitative estimate of drug-likeness (QED) is 0.766. The molecular weight excluding hydrogens is 172 g/mol. The molecule has 0 fully saturated rings. The molecule has 0 aromatic carbocycles. The molecule has 0 aliphatic rings. The number of nitrogens with two attached hydrogens (primary N) is 1. The molecule has 2 heterocycles. The Labute approximate surface area is 73.8 Å². The van der Waals surface area contributed by atoms with Crippen molar-refractivity contribution in [1.82, 2.24) is 4.98 Å². The lowest BCUT2D eigenvalue weighted by molar-refractivity contribution is 0.489. The topological polar surface area (TPSA) is 52.0 Å². The normalized spacial score (nSPS) is 13.1. The minimum Gasteiger partial charge on any atom is -0.467 e. The van der Waals surface area contributed by atoms with Crippen LogP contribution in [-0.4, -0.2) is 4.98 Å². The summed E-state index contributed by atoms with van der Waals surface area (Å²) in [7, 11) is 0. The maximum atomic E-state index is 5.86. The Morgan fingerprint density at radius 3 is 3.08 bits per heavy atom. The fourth-order valence-corrected chi connectivity index (χ4v) is 1.62. The smallest absolute Gasteiger partial charge is 0.127 e. The summed E-state index contributed by atoms with van der Waals surface area (Å²) < 4.78 is 5.16. The first-order chi connectivity index (χ1) is 5.88. The van der Waals surface area contributed by atoms with Crippen molar-refractivity contribution in [3.8, 4) is 0 Å². The van der Waals surface area contributed by atoms with E-state index in [0.717, 1.165) is 10.8 Å². The zero-order valence-corrected chi connectivity index (χ0v) is 7.12. The van der Waals surface area contributed by atoms with Crippen LogP contribution in [0.5, 0.6) is 0 Å². The molecule has 1 atom stereocenters. The van der Waals surface area contributed by atoms with E-state index in [2.05, 4.69) is 4.98 Å². The third-order valence-electron chi connectivity index (χ3n) is 1.57. The average molecular weight is 180 g/mol. The molecule has 0 saturated carbocycles. The SMILES string of the molecule is NC(c1ccco1)c1nccs1. The van der Waals surface area contributed by atoms with E-state index in [1.807, 2.05) is 17.5 Å². The van der Waals surface area contributed by atoms with Crippen LogP contribution in [0.25, 0.3) is 0 Å². The van der Waals surface area contributed by atoms with Crippen LogP contribution in [0, 0.1) is 0 Å². The second-order valence-electron chi connectivity index (χ2n) is 2.36. The third kappa shape index (κ3) is 1.26. The summed E-state index contributed by atoms with van der Waals surface area (Å²) in [6, 6.07) is 3.45. The van der Waals surface area contributed by atoms with Gasteiger partial charge >= 0.3 is 0 Å². The van der Waals surface area contributed by atoms with Gasteiger partial charge in [0.05, 0.1) is 6.26 Å². The molecule has 0 saturated heterocycles. The Balaban J connectivity index is 2.27. The van der Waals surface area contributed by atoms with Gasteiger partial charge in [0.1, 0.15) is 16.8 Å². The molecule has 4 heteroatoms. The molecular formula is C8H8N2OS. The fraction of sp³-hybridized carbons (Fsp3) is 0.125. The maximum Gasteiger partial charge on any atom is 0.127 e. The van der Waals surface area contributed by atoms with Gasteiger partial charge in [-0.25, -0.2) is 4.98 Å². The number of hydrogen-bond donors (Lipinski definition) is 1. The molecule has 0 spiro atoms. The number of hydrogen-bond acceptors (Lipinski definition) is 4. The molecule has 2 aromatic rings. The number of rotatable bonds is 2. The first-order valence-electron chi connectivity index (χ1n) is 3.56. The summed E-state index contributed by atoms with van der Waals surface area (Å²) in [6.07, 6.45) is 3.35. The number of aromatic nitrogens is 1. The highest BCUT2D eigenvalue weighted by molar-refractivity contribution is 7.09. The van der Waals surface area contributed by atoms with Crippen molar-refractivity contribution in [2.45, 2.75) is 6.04 Å². The zero-order valence-electron chi connectivity index (χ0n) is 6.31. The average Bonchev–Trinajstić information content (AvgIpc) is 2.77. The molecule has 0 radical (unpaired) electrons. The lowest BCUT2D eigenvalue weighted by Crippen LogP contribution is -2.10. The van der Waals surface area contributed by atoms with Crippen LogP contribution in [0.15, 0.2) is 34.4 Å². The van der Waals surface area contributed by atoms with Crippen LogP contribution >= 0.6 is 11.3 Å². The van der Waals surface area contributed by atoms with E-state index in [-0.39, 0.29) is 6.04 Å². The second-order valence-corrected chi connectivity index (χ2v) is 3.29. The van der Waals surface area contributed by atoms with Crippen molar-refractivity contribution >= 4 is 11.3 Å². The zero-order chi connectivity index (χ0) is 8.39. The maximum absolute atomic E-state index is 5.86. The highest BCUT2D eigenvalue weighted by atomic mass is 32.1. The fourth-order valence-electron chi connectivity index (χ4n) is 0.978. The summed E-state index contributed by atoms with van der Waals surface area (Å²) in [5.74, 6) is 0.755. The molecule has 0 bridgehead atoms. The summed E-state index contributed by atoms with van der Waals surface area (Å²) in [5.41, 5.74) is 5.86. The minimum atomic E-state index is -0.222. The molecule has 0 amide bonds. The summed E-state index contributed by atoms with van der Waals surface area (Å²) in [5, 5.41) is 2.78. The highest BCUT2D eigenvalue weighted by Crippen LogP contribution is 2.20. The van der Waals surface area contributed by atoms with Gasteiger partial charge in [-0.1, -0.05) is 0 Å². The van der Waals surface area contributed by atoms with Gasteiger partial charge in [-0.05, 0) is 12.1 Å².